The number of piperazine rings is 1. The molecule has 36 heavy (non-hydrogen) atoms. The number of nitrogens with one attached hydrogen (secondary N) is 2. The van der Waals surface area contributed by atoms with E-state index in [9.17, 15) is 14.9 Å². The molecular weight excluding hydrogens is 478 g/mol. The van der Waals surface area contributed by atoms with E-state index in [4.69, 9.17) is 4.98 Å². The Labute approximate surface area is 211 Å². The Bertz CT molecular complexity index is 1460. The third-order valence-corrected chi connectivity index (χ3v) is 7.33. The summed E-state index contributed by atoms with van der Waals surface area (Å²) in [7, 11) is 0. The zero-order valence-electron chi connectivity index (χ0n) is 19.6. The van der Waals surface area contributed by atoms with Gasteiger partial charge in [0.1, 0.15) is 23.5 Å². The Morgan fingerprint density at radius 2 is 1.94 bits per heavy atom. The lowest BCUT2D eigenvalue weighted by Gasteiger charge is -2.37. The smallest absolute Gasteiger partial charge is 0.290 e. The number of amides is 2. The van der Waals surface area contributed by atoms with Crippen LogP contribution in [0, 0.1) is 18.3 Å². The van der Waals surface area contributed by atoms with E-state index in [2.05, 4.69) is 36.6 Å². The lowest BCUT2D eigenvalue weighted by Crippen LogP contribution is -2.47. The highest BCUT2D eigenvalue weighted by Crippen LogP contribution is 2.34. The number of carbonyl (C=O) groups excluding carboxylic acids is 2. The Balaban J connectivity index is 1.35. The van der Waals surface area contributed by atoms with Crippen LogP contribution in [0.2, 0.25) is 0 Å². The Morgan fingerprint density at radius 1 is 1.19 bits per heavy atom. The second kappa shape index (κ2) is 8.83. The van der Waals surface area contributed by atoms with E-state index in [0.29, 0.717) is 59.7 Å². The van der Waals surface area contributed by atoms with Crippen molar-refractivity contribution in [2.45, 2.75) is 25.8 Å². The van der Waals surface area contributed by atoms with Crippen molar-refractivity contribution in [1.29, 1.82) is 5.26 Å². The van der Waals surface area contributed by atoms with Crippen LogP contribution in [0.15, 0.2) is 29.4 Å². The van der Waals surface area contributed by atoms with Crippen molar-refractivity contribution < 1.29 is 9.59 Å². The first-order valence-electron chi connectivity index (χ1n) is 11.8. The fraction of sp³-hybridized carbons (Fsp3) is 0.333. The average molecular weight is 502 g/mol. The van der Waals surface area contributed by atoms with Gasteiger partial charge in [-0.2, -0.15) is 14.9 Å². The number of anilines is 3. The number of rotatable bonds is 5. The zero-order chi connectivity index (χ0) is 24.8. The van der Waals surface area contributed by atoms with Gasteiger partial charge >= 0.3 is 0 Å². The summed E-state index contributed by atoms with van der Waals surface area (Å²) in [5, 5.41) is 19.5. The molecule has 3 aromatic heterocycles. The minimum atomic E-state index is -0.407. The van der Waals surface area contributed by atoms with Gasteiger partial charge in [-0.15, -0.1) is 0 Å². The van der Waals surface area contributed by atoms with Crippen LogP contribution in [0.3, 0.4) is 0 Å². The summed E-state index contributed by atoms with van der Waals surface area (Å²) in [5.74, 6) is 2.05. The number of thioether (sulfide) groups is 1. The Hall–Kier alpha value is -4.11. The maximum atomic E-state index is 12.1. The van der Waals surface area contributed by atoms with Gasteiger partial charge in [0.05, 0.1) is 16.7 Å². The van der Waals surface area contributed by atoms with Gasteiger partial charge in [-0.05, 0) is 49.7 Å². The van der Waals surface area contributed by atoms with Crippen LogP contribution in [0.5, 0.6) is 0 Å². The second-order valence-corrected chi connectivity index (χ2v) is 9.99. The highest BCUT2D eigenvalue weighted by atomic mass is 32.2. The molecule has 182 valence electrons. The summed E-state index contributed by atoms with van der Waals surface area (Å²) < 4.78 is 1.78. The first-order chi connectivity index (χ1) is 17.5. The third-order valence-electron chi connectivity index (χ3n) is 6.52. The first-order valence-corrected chi connectivity index (χ1v) is 12.6. The number of nitriles is 1. The molecule has 0 radical (unpaired) electrons. The van der Waals surface area contributed by atoms with Crippen molar-refractivity contribution in [1.82, 2.24) is 24.9 Å². The molecule has 3 aliphatic rings. The molecule has 11 nitrogen and oxygen atoms in total. The molecule has 2 amide bonds. The number of fused-ring (bicyclic) bond motifs is 1. The summed E-state index contributed by atoms with van der Waals surface area (Å²) in [6, 6.07) is 6.20. The molecule has 0 bridgehead atoms. The molecule has 12 heteroatoms. The van der Waals surface area contributed by atoms with E-state index >= 15 is 0 Å². The molecule has 0 unspecified atom stereocenters. The molecule has 1 saturated carbocycles. The zero-order valence-corrected chi connectivity index (χ0v) is 20.4. The van der Waals surface area contributed by atoms with Crippen LogP contribution in [0.4, 0.5) is 22.2 Å². The molecule has 2 aliphatic heterocycles. The largest absolute Gasteiger partial charge is 0.367 e. The number of pyridine rings is 1. The van der Waals surface area contributed by atoms with Crippen molar-refractivity contribution in [2.24, 2.45) is 0 Å². The summed E-state index contributed by atoms with van der Waals surface area (Å²) >= 11 is 0.878. The number of aromatic nitrogens is 4. The van der Waals surface area contributed by atoms with E-state index in [0.717, 1.165) is 41.8 Å². The first kappa shape index (κ1) is 22.4. The SMILES string of the molecule is Cc1c(N2CCN(c3ncccc3C#N)CC2)nc2c(/C=C3/SC(=O)NC3=O)cnn2c1NC1CC1. The topological polar surface area (TPSA) is 132 Å². The molecule has 0 aromatic carbocycles. The van der Waals surface area contributed by atoms with E-state index in [1.807, 2.05) is 6.92 Å². The minimum absolute atomic E-state index is 0.327. The minimum Gasteiger partial charge on any atom is -0.367 e. The molecule has 0 atom stereocenters. The van der Waals surface area contributed by atoms with Crippen molar-refractivity contribution in [3.63, 3.8) is 0 Å². The van der Waals surface area contributed by atoms with Crippen LogP contribution < -0.4 is 20.4 Å². The molecular formula is C24H23N9O2S. The Kier molecular flexibility index (Phi) is 5.49. The normalized spacial score (nSPS) is 19.2. The van der Waals surface area contributed by atoms with E-state index < -0.39 is 5.91 Å². The molecule has 5 heterocycles. The number of imide groups is 1. The highest BCUT2D eigenvalue weighted by Gasteiger charge is 2.29. The third kappa shape index (κ3) is 4.01. The average Bonchev–Trinajstić information content (AvgIpc) is 3.54. The van der Waals surface area contributed by atoms with Crippen molar-refractivity contribution in [2.75, 3.05) is 41.3 Å². The second-order valence-electron chi connectivity index (χ2n) is 8.98. The molecule has 3 fully saturated rings. The van der Waals surface area contributed by atoms with Crippen molar-refractivity contribution in [3.05, 3.63) is 46.1 Å². The van der Waals surface area contributed by atoms with Gasteiger partial charge in [0.15, 0.2) is 5.65 Å². The highest BCUT2D eigenvalue weighted by molar-refractivity contribution is 8.18. The van der Waals surface area contributed by atoms with Crippen LogP contribution >= 0.6 is 11.8 Å². The van der Waals surface area contributed by atoms with E-state index in [1.54, 1.807) is 35.1 Å². The number of nitrogens with zero attached hydrogens (tertiary/aromatic N) is 7. The predicted molar refractivity (Wildman–Crippen MR) is 137 cm³/mol. The fourth-order valence-electron chi connectivity index (χ4n) is 4.51. The summed E-state index contributed by atoms with van der Waals surface area (Å²) in [4.78, 5) is 37.9. The lowest BCUT2D eigenvalue weighted by atomic mass is 10.2. The molecule has 6 rings (SSSR count). The standard InChI is InChI=1S/C24H23N9O2S/c1-14-19(31-7-9-32(10-8-31)21-15(12-25)3-2-6-26-21)29-22-16(11-18-23(34)30-24(35)36-18)13-27-33(22)20(14)28-17-4-5-17/h2-3,6,11,13,17,28H,4-5,7-10H2,1H3,(H,30,34,35)/b18-11+. The monoisotopic (exact) mass is 501 g/mol. The van der Waals surface area contributed by atoms with Gasteiger partial charge in [0.2, 0.25) is 0 Å². The molecule has 1 aliphatic carbocycles. The maximum absolute atomic E-state index is 12.1. The summed E-state index contributed by atoms with van der Waals surface area (Å²) in [6.45, 7) is 4.89. The van der Waals surface area contributed by atoms with Gasteiger partial charge in [-0.3, -0.25) is 14.9 Å². The molecule has 2 saturated heterocycles. The van der Waals surface area contributed by atoms with Crippen LogP contribution in [-0.4, -0.2) is 62.9 Å². The quantitative estimate of drug-likeness (QED) is 0.503. The van der Waals surface area contributed by atoms with Gasteiger partial charge in [-0.25, -0.2) is 9.97 Å². The Morgan fingerprint density at radius 3 is 2.61 bits per heavy atom. The van der Waals surface area contributed by atoms with Crippen LogP contribution in [0.1, 0.15) is 29.5 Å². The van der Waals surface area contributed by atoms with Crippen LogP contribution in [0.25, 0.3) is 11.7 Å². The summed E-state index contributed by atoms with van der Waals surface area (Å²) in [5.41, 5.74) is 2.87. The van der Waals surface area contributed by atoms with Gasteiger partial charge in [0, 0.05) is 49.5 Å². The van der Waals surface area contributed by atoms with Crippen molar-refractivity contribution in [3.8, 4) is 6.07 Å². The van der Waals surface area contributed by atoms with Gasteiger partial charge in [0.25, 0.3) is 11.1 Å². The van der Waals surface area contributed by atoms with Gasteiger partial charge < -0.3 is 15.1 Å². The number of hydrogen-bond donors (Lipinski definition) is 2. The lowest BCUT2D eigenvalue weighted by molar-refractivity contribution is -0.115. The number of carbonyl (C=O) groups is 2. The summed E-state index contributed by atoms with van der Waals surface area (Å²) in [6.07, 6.45) is 7.28. The van der Waals surface area contributed by atoms with E-state index in [1.165, 1.54) is 0 Å². The van der Waals surface area contributed by atoms with E-state index in [-0.39, 0.29) is 5.24 Å². The van der Waals surface area contributed by atoms with Crippen molar-refractivity contribution >= 4 is 52.1 Å². The predicted octanol–water partition coefficient (Wildman–Crippen LogP) is 2.53. The molecule has 0 spiro atoms. The maximum Gasteiger partial charge on any atom is 0.290 e. The fourth-order valence-corrected chi connectivity index (χ4v) is 5.18. The van der Waals surface area contributed by atoms with Gasteiger partial charge in [-0.1, -0.05) is 0 Å². The number of hydrogen-bond acceptors (Lipinski definition) is 10. The molecule has 3 aromatic rings. The van der Waals surface area contributed by atoms with Crippen LogP contribution in [-0.2, 0) is 4.79 Å². The molecule has 2 N–H and O–H groups in total.